The van der Waals surface area contributed by atoms with E-state index in [9.17, 15) is 4.79 Å². The molecule has 0 saturated heterocycles. The first-order valence-corrected chi connectivity index (χ1v) is 6.66. The summed E-state index contributed by atoms with van der Waals surface area (Å²) in [6, 6.07) is 16.9. The second-order valence-electron chi connectivity index (χ2n) is 4.37. The SMILES string of the molecule is CC(=NNC(=O)Cc1ccccc1)c1ccccc1Cl. The number of hydrazone groups is 1. The average molecular weight is 287 g/mol. The van der Waals surface area contributed by atoms with Gasteiger partial charge in [0.05, 0.1) is 12.1 Å². The molecule has 102 valence electrons. The Balaban J connectivity index is 1.99. The number of carbonyl (C=O) groups excluding carboxylic acids is 1. The van der Waals surface area contributed by atoms with E-state index in [2.05, 4.69) is 10.5 Å². The molecule has 0 spiro atoms. The molecule has 0 bridgehead atoms. The van der Waals surface area contributed by atoms with Crippen molar-refractivity contribution in [3.8, 4) is 0 Å². The predicted octanol–water partition coefficient (Wildman–Crippen LogP) is 3.42. The Kier molecular flexibility index (Phi) is 4.91. The highest BCUT2D eigenvalue weighted by molar-refractivity contribution is 6.34. The highest BCUT2D eigenvalue weighted by Crippen LogP contribution is 2.15. The fraction of sp³-hybridized carbons (Fsp3) is 0.125. The first-order chi connectivity index (χ1) is 9.66. The lowest BCUT2D eigenvalue weighted by Crippen LogP contribution is -2.21. The minimum absolute atomic E-state index is 0.150. The molecule has 2 aromatic carbocycles. The van der Waals surface area contributed by atoms with Crippen LogP contribution in [0.1, 0.15) is 18.1 Å². The third-order valence-corrected chi connectivity index (χ3v) is 3.15. The van der Waals surface area contributed by atoms with Crippen molar-refractivity contribution in [2.45, 2.75) is 13.3 Å². The summed E-state index contributed by atoms with van der Waals surface area (Å²) in [6.07, 6.45) is 0.306. The summed E-state index contributed by atoms with van der Waals surface area (Å²) < 4.78 is 0. The monoisotopic (exact) mass is 286 g/mol. The second kappa shape index (κ2) is 6.87. The number of halogens is 1. The molecular weight excluding hydrogens is 272 g/mol. The van der Waals surface area contributed by atoms with Crippen LogP contribution in [0.25, 0.3) is 0 Å². The molecule has 2 aromatic rings. The zero-order valence-corrected chi connectivity index (χ0v) is 11.9. The second-order valence-corrected chi connectivity index (χ2v) is 4.78. The zero-order valence-electron chi connectivity index (χ0n) is 11.1. The van der Waals surface area contributed by atoms with Crippen molar-refractivity contribution in [3.63, 3.8) is 0 Å². The van der Waals surface area contributed by atoms with Gasteiger partial charge in [0.15, 0.2) is 0 Å². The third-order valence-electron chi connectivity index (χ3n) is 2.82. The van der Waals surface area contributed by atoms with Crippen LogP contribution in [0.5, 0.6) is 0 Å². The van der Waals surface area contributed by atoms with E-state index in [1.54, 1.807) is 6.07 Å². The van der Waals surface area contributed by atoms with E-state index in [1.807, 2.05) is 55.5 Å². The van der Waals surface area contributed by atoms with Gasteiger partial charge in [-0.25, -0.2) is 5.43 Å². The van der Waals surface area contributed by atoms with Crippen molar-refractivity contribution in [3.05, 3.63) is 70.7 Å². The highest BCUT2D eigenvalue weighted by atomic mass is 35.5. The fourth-order valence-electron chi connectivity index (χ4n) is 1.78. The number of carbonyl (C=O) groups is 1. The Hall–Kier alpha value is -2.13. The smallest absolute Gasteiger partial charge is 0.244 e. The fourth-order valence-corrected chi connectivity index (χ4v) is 2.05. The standard InChI is InChI=1S/C16H15ClN2O/c1-12(14-9-5-6-10-15(14)17)18-19-16(20)11-13-7-3-2-4-8-13/h2-10H,11H2,1H3,(H,19,20). The van der Waals surface area contributed by atoms with E-state index in [0.717, 1.165) is 11.1 Å². The quantitative estimate of drug-likeness (QED) is 0.679. The van der Waals surface area contributed by atoms with Gasteiger partial charge in [0.25, 0.3) is 0 Å². The van der Waals surface area contributed by atoms with Crippen molar-refractivity contribution in [1.82, 2.24) is 5.43 Å². The molecule has 4 heteroatoms. The first-order valence-electron chi connectivity index (χ1n) is 6.29. The molecule has 0 aliphatic heterocycles. The average Bonchev–Trinajstić information content (AvgIpc) is 2.46. The van der Waals surface area contributed by atoms with Crippen LogP contribution >= 0.6 is 11.6 Å². The minimum atomic E-state index is -0.150. The third kappa shape index (κ3) is 3.93. The summed E-state index contributed by atoms with van der Waals surface area (Å²) in [5.41, 5.74) is 4.99. The summed E-state index contributed by atoms with van der Waals surface area (Å²) in [5.74, 6) is -0.150. The Morgan fingerprint density at radius 3 is 2.45 bits per heavy atom. The Labute approximate surface area is 123 Å². The summed E-state index contributed by atoms with van der Waals surface area (Å²) in [5, 5.41) is 4.70. The van der Waals surface area contributed by atoms with E-state index in [1.165, 1.54) is 0 Å². The zero-order chi connectivity index (χ0) is 14.4. The van der Waals surface area contributed by atoms with Crippen LogP contribution in [0.2, 0.25) is 5.02 Å². The van der Waals surface area contributed by atoms with Crippen molar-refractivity contribution >= 4 is 23.2 Å². The molecule has 0 atom stereocenters. The van der Waals surface area contributed by atoms with E-state index < -0.39 is 0 Å². The van der Waals surface area contributed by atoms with Crippen molar-refractivity contribution in [2.24, 2.45) is 5.10 Å². The largest absolute Gasteiger partial charge is 0.273 e. The van der Waals surface area contributed by atoms with Crippen molar-refractivity contribution in [2.75, 3.05) is 0 Å². The van der Waals surface area contributed by atoms with Gasteiger partial charge >= 0.3 is 0 Å². The molecule has 0 aliphatic carbocycles. The molecule has 1 N–H and O–H groups in total. The molecule has 0 fully saturated rings. The number of rotatable bonds is 4. The van der Waals surface area contributed by atoms with E-state index in [-0.39, 0.29) is 5.91 Å². The Bertz CT molecular complexity index is 623. The molecule has 3 nitrogen and oxygen atoms in total. The number of hydrogen-bond acceptors (Lipinski definition) is 2. The van der Waals surface area contributed by atoms with Crippen LogP contribution in [-0.2, 0) is 11.2 Å². The summed E-state index contributed by atoms with van der Waals surface area (Å²) in [6.45, 7) is 1.81. The maximum Gasteiger partial charge on any atom is 0.244 e. The van der Waals surface area contributed by atoms with Gasteiger partial charge in [-0.15, -0.1) is 0 Å². The van der Waals surface area contributed by atoms with Gasteiger partial charge in [0, 0.05) is 10.6 Å². The van der Waals surface area contributed by atoms with Crippen molar-refractivity contribution in [1.29, 1.82) is 0 Å². The molecule has 2 rings (SSSR count). The Morgan fingerprint density at radius 2 is 1.75 bits per heavy atom. The van der Waals surface area contributed by atoms with Crippen LogP contribution in [-0.4, -0.2) is 11.6 Å². The highest BCUT2D eigenvalue weighted by Gasteiger charge is 2.05. The first kappa shape index (κ1) is 14.3. The number of hydrogen-bond donors (Lipinski definition) is 1. The summed E-state index contributed by atoms with van der Waals surface area (Å²) >= 11 is 6.07. The van der Waals surface area contributed by atoms with Gasteiger partial charge < -0.3 is 0 Å². The number of nitrogens with zero attached hydrogens (tertiary/aromatic N) is 1. The van der Waals surface area contributed by atoms with Gasteiger partial charge in [0.1, 0.15) is 0 Å². The molecule has 0 heterocycles. The van der Waals surface area contributed by atoms with Gasteiger partial charge in [-0.2, -0.15) is 5.10 Å². The number of amides is 1. The normalized spacial score (nSPS) is 11.2. The van der Waals surface area contributed by atoms with Gasteiger partial charge in [-0.05, 0) is 18.6 Å². The molecule has 0 saturated carbocycles. The molecule has 0 radical (unpaired) electrons. The maximum atomic E-state index is 11.8. The molecule has 0 aliphatic rings. The lowest BCUT2D eigenvalue weighted by Gasteiger charge is -2.04. The van der Waals surface area contributed by atoms with Crippen LogP contribution < -0.4 is 5.43 Å². The Morgan fingerprint density at radius 1 is 1.10 bits per heavy atom. The summed E-state index contributed by atoms with van der Waals surface area (Å²) in [7, 11) is 0. The summed E-state index contributed by atoms with van der Waals surface area (Å²) in [4.78, 5) is 11.8. The number of nitrogens with one attached hydrogen (secondary N) is 1. The van der Waals surface area contributed by atoms with Crippen molar-refractivity contribution < 1.29 is 4.79 Å². The van der Waals surface area contributed by atoms with E-state index in [0.29, 0.717) is 17.2 Å². The molecular formula is C16H15ClN2O. The van der Waals surface area contributed by atoms with Gasteiger partial charge in [-0.1, -0.05) is 60.1 Å². The molecule has 1 amide bonds. The number of benzene rings is 2. The molecule has 0 aromatic heterocycles. The predicted molar refractivity (Wildman–Crippen MR) is 82.0 cm³/mol. The topological polar surface area (TPSA) is 41.5 Å². The lowest BCUT2D eigenvalue weighted by atomic mass is 10.1. The maximum absolute atomic E-state index is 11.8. The van der Waals surface area contributed by atoms with Crippen LogP contribution in [0.3, 0.4) is 0 Å². The van der Waals surface area contributed by atoms with Crippen LogP contribution in [0, 0.1) is 0 Å². The van der Waals surface area contributed by atoms with Gasteiger partial charge in [0.2, 0.25) is 5.91 Å². The van der Waals surface area contributed by atoms with Crippen LogP contribution in [0.4, 0.5) is 0 Å². The molecule has 20 heavy (non-hydrogen) atoms. The molecule has 0 unspecified atom stereocenters. The van der Waals surface area contributed by atoms with Crippen LogP contribution in [0.15, 0.2) is 59.7 Å². The van der Waals surface area contributed by atoms with E-state index >= 15 is 0 Å². The van der Waals surface area contributed by atoms with Gasteiger partial charge in [-0.3, -0.25) is 4.79 Å². The lowest BCUT2D eigenvalue weighted by molar-refractivity contribution is -0.120. The van der Waals surface area contributed by atoms with E-state index in [4.69, 9.17) is 11.6 Å². The minimum Gasteiger partial charge on any atom is -0.273 e.